The fourth-order valence-electron chi connectivity index (χ4n) is 3.21. The first-order valence-corrected chi connectivity index (χ1v) is 7.80. The molecule has 3 heteroatoms. The molecule has 1 saturated heterocycles. The number of hydrogen-bond donors (Lipinski definition) is 1. The van der Waals surface area contributed by atoms with Gasteiger partial charge < -0.3 is 10.2 Å². The van der Waals surface area contributed by atoms with Crippen molar-refractivity contribution in [3.8, 4) is 0 Å². The van der Waals surface area contributed by atoms with Crippen molar-refractivity contribution in [3.63, 3.8) is 0 Å². The lowest BCUT2D eigenvalue weighted by atomic mass is 10.1. The Bertz CT molecular complexity index is 238. The summed E-state index contributed by atoms with van der Waals surface area (Å²) in [4.78, 5) is 5.08. The van der Waals surface area contributed by atoms with E-state index in [0.717, 1.165) is 18.1 Å². The van der Waals surface area contributed by atoms with Crippen LogP contribution in [0.3, 0.4) is 0 Å². The summed E-state index contributed by atoms with van der Waals surface area (Å²) in [6.07, 6.45) is 8.29. The lowest BCUT2D eigenvalue weighted by Gasteiger charge is -2.32. The van der Waals surface area contributed by atoms with E-state index < -0.39 is 0 Å². The van der Waals surface area contributed by atoms with Gasteiger partial charge in [-0.2, -0.15) is 0 Å². The van der Waals surface area contributed by atoms with Crippen LogP contribution in [-0.4, -0.2) is 61.7 Å². The third-order valence-electron chi connectivity index (χ3n) is 4.37. The number of likely N-dealkylation sites (N-methyl/N-ethyl adjacent to an activating group) is 1. The molecule has 2 aliphatic rings. The van der Waals surface area contributed by atoms with E-state index in [4.69, 9.17) is 0 Å². The van der Waals surface area contributed by atoms with Crippen molar-refractivity contribution in [3.05, 3.63) is 0 Å². The maximum atomic E-state index is 3.62. The molecule has 2 fully saturated rings. The first kappa shape index (κ1) is 14.3. The molecule has 2 atom stereocenters. The monoisotopic (exact) mass is 253 g/mol. The molecule has 18 heavy (non-hydrogen) atoms. The van der Waals surface area contributed by atoms with Gasteiger partial charge in [0.05, 0.1) is 0 Å². The van der Waals surface area contributed by atoms with E-state index in [1.807, 2.05) is 0 Å². The Morgan fingerprint density at radius 2 is 2.06 bits per heavy atom. The zero-order chi connectivity index (χ0) is 13.0. The summed E-state index contributed by atoms with van der Waals surface area (Å²) in [6.45, 7) is 6.19. The van der Waals surface area contributed by atoms with Crippen LogP contribution in [0.1, 0.15) is 45.4 Å². The predicted octanol–water partition coefficient (Wildman–Crippen LogP) is 1.93. The van der Waals surface area contributed by atoms with Gasteiger partial charge in [0.15, 0.2) is 0 Å². The summed E-state index contributed by atoms with van der Waals surface area (Å²) < 4.78 is 0. The Balaban J connectivity index is 1.64. The molecule has 0 amide bonds. The van der Waals surface area contributed by atoms with Gasteiger partial charge in [0, 0.05) is 24.7 Å². The highest BCUT2D eigenvalue weighted by atomic mass is 15.2. The Hall–Kier alpha value is -0.120. The molecule has 1 aliphatic carbocycles. The van der Waals surface area contributed by atoms with Crippen molar-refractivity contribution >= 4 is 0 Å². The second-order valence-electron chi connectivity index (χ2n) is 6.52. The molecule has 0 aromatic rings. The molecule has 3 nitrogen and oxygen atoms in total. The van der Waals surface area contributed by atoms with Gasteiger partial charge >= 0.3 is 0 Å². The minimum Gasteiger partial charge on any atom is -0.314 e. The van der Waals surface area contributed by atoms with Crippen LogP contribution in [0, 0.1) is 0 Å². The summed E-state index contributed by atoms with van der Waals surface area (Å²) in [5, 5.41) is 3.62. The molecule has 0 radical (unpaired) electrons. The first-order valence-electron chi connectivity index (χ1n) is 7.80. The van der Waals surface area contributed by atoms with Crippen molar-refractivity contribution in [2.75, 3.05) is 33.7 Å². The second kappa shape index (κ2) is 6.88. The molecule has 1 aliphatic heterocycles. The molecule has 0 aromatic heterocycles. The SMILES string of the molecule is CC(CCCNC1CC1)N1CCCC1CN(C)C. The van der Waals surface area contributed by atoms with Crippen LogP contribution < -0.4 is 5.32 Å². The van der Waals surface area contributed by atoms with Gasteiger partial charge in [-0.1, -0.05) is 0 Å². The Morgan fingerprint density at radius 3 is 2.72 bits per heavy atom. The normalized spacial score (nSPS) is 27.0. The summed E-state index contributed by atoms with van der Waals surface area (Å²) in [6, 6.07) is 2.43. The quantitative estimate of drug-likeness (QED) is 0.667. The number of nitrogens with one attached hydrogen (secondary N) is 1. The van der Waals surface area contributed by atoms with Crippen molar-refractivity contribution in [2.24, 2.45) is 0 Å². The molecule has 106 valence electrons. The van der Waals surface area contributed by atoms with Gasteiger partial charge in [0.2, 0.25) is 0 Å². The van der Waals surface area contributed by atoms with Gasteiger partial charge in [0.25, 0.3) is 0 Å². The van der Waals surface area contributed by atoms with Crippen LogP contribution in [0.4, 0.5) is 0 Å². The van der Waals surface area contributed by atoms with Crippen LogP contribution >= 0.6 is 0 Å². The standard InChI is InChI=1S/C15H31N3/c1-13(6-4-10-16-14-8-9-14)18-11-5-7-15(18)12-17(2)3/h13-16H,4-12H2,1-3H3. The van der Waals surface area contributed by atoms with Crippen molar-refractivity contribution < 1.29 is 0 Å². The summed E-state index contributed by atoms with van der Waals surface area (Å²) >= 11 is 0. The van der Waals surface area contributed by atoms with Crippen LogP contribution in [-0.2, 0) is 0 Å². The summed E-state index contributed by atoms with van der Waals surface area (Å²) in [5.74, 6) is 0. The number of rotatable bonds is 8. The highest BCUT2D eigenvalue weighted by Crippen LogP contribution is 2.23. The molecule has 2 rings (SSSR count). The topological polar surface area (TPSA) is 18.5 Å². The largest absolute Gasteiger partial charge is 0.314 e. The van der Waals surface area contributed by atoms with Crippen molar-refractivity contribution in [1.82, 2.24) is 15.1 Å². The van der Waals surface area contributed by atoms with E-state index in [1.165, 1.54) is 58.2 Å². The van der Waals surface area contributed by atoms with E-state index in [9.17, 15) is 0 Å². The van der Waals surface area contributed by atoms with Gasteiger partial charge in [0.1, 0.15) is 0 Å². The van der Waals surface area contributed by atoms with Gasteiger partial charge in [-0.3, -0.25) is 4.90 Å². The van der Waals surface area contributed by atoms with Crippen LogP contribution in [0.25, 0.3) is 0 Å². The zero-order valence-corrected chi connectivity index (χ0v) is 12.5. The van der Waals surface area contributed by atoms with E-state index in [-0.39, 0.29) is 0 Å². The smallest absolute Gasteiger partial charge is 0.0226 e. The Kier molecular flexibility index (Phi) is 5.46. The van der Waals surface area contributed by atoms with E-state index >= 15 is 0 Å². The summed E-state index contributed by atoms with van der Waals surface area (Å²) in [5.41, 5.74) is 0. The average molecular weight is 253 g/mol. The Morgan fingerprint density at radius 1 is 1.28 bits per heavy atom. The second-order valence-corrected chi connectivity index (χ2v) is 6.52. The fourth-order valence-corrected chi connectivity index (χ4v) is 3.21. The summed E-state index contributed by atoms with van der Waals surface area (Å²) in [7, 11) is 4.39. The molecule has 0 aromatic carbocycles. The maximum absolute atomic E-state index is 3.62. The van der Waals surface area contributed by atoms with Crippen LogP contribution in [0.2, 0.25) is 0 Å². The lowest BCUT2D eigenvalue weighted by molar-refractivity contribution is 0.153. The third kappa shape index (κ3) is 4.52. The first-order chi connectivity index (χ1) is 8.66. The van der Waals surface area contributed by atoms with E-state index in [2.05, 4.69) is 36.1 Å². The molecule has 1 saturated carbocycles. The molecular formula is C15H31N3. The van der Waals surface area contributed by atoms with Gasteiger partial charge in [-0.15, -0.1) is 0 Å². The molecule has 0 spiro atoms. The molecule has 1 N–H and O–H groups in total. The van der Waals surface area contributed by atoms with Crippen molar-refractivity contribution in [2.45, 2.75) is 63.6 Å². The van der Waals surface area contributed by atoms with Crippen molar-refractivity contribution in [1.29, 1.82) is 0 Å². The van der Waals surface area contributed by atoms with Crippen LogP contribution in [0.5, 0.6) is 0 Å². The maximum Gasteiger partial charge on any atom is 0.0226 e. The molecule has 1 heterocycles. The minimum atomic E-state index is 0.762. The van der Waals surface area contributed by atoms with Gasteiger partial charge in [-0.25, -0.2) is 0 Å². The van der Waals surface area contributed by atoms with Gasteiger partial charge in [-0.05, 0) is 72.6 Å². The highest BCUT2D eigenvalue weighted by Gasteiger charge is 2.28. The van der Waals surface area contributed by atoms with E-state index in [1.54, 1.807) is 0 Å². The number of hydrogen-bond acceptors (Lipinski definition) is 3. The predicted molar refractivity (Wildman–Crippen MR) is 78.0 cm³/mol. The average Bonchev–Trinajstić information content (AvgIpc) is 3.03. The Labute approximate surface area is 113 Å². The zero-order valence-electron chi connectivity index (χ0n) is 12.5. The van der Waals surface area contributed by atoms with Crippen LogP contribution in [0.15, 0.2) is 0 Å². The highest BCUT2D eigenvalue weighted by molar-refractivity contribution is 4.85. The third-order valence-corrected chi connectivity index (χ3v) is 4.37. The molecule has 2 unspecified atom stereocenters. The molecular weight excluding hydrogens is 222 g/mol. The number of nitrogens with zero attached hydrogens (tertiary/aromatic N) is 2. The lowest BCUT2D eigenvalue weighted by Crippen LogP contribution is -2.42. The van der Waals surface area contributed by atoms with E-state index in [0.29, 0.717) is 0 Å². The molecule has 0 bridgehead atoms. The minimum absolute atomic E-state index is 0.762. The fraction of sp³-hybridized carbons (Fsp3) is 1.00. The number of likely N-dealkylation sites (tertiary alicyclic amines) is 1.